The number of benzene rings is 1. The molecule has 1 rings (SSSR count). The Hall–Kier alpha value is -0.150. The van der Waals surface area contributed by atoms with Crippen LogP contribution >= 0.6 is 29.4 Å². The van der Waals surface area contributed by atoms with Crippen molar-refractivity contribution < 1.29 is 5.11 Å². The van der Waals surface area contributed by atoms with Gasteiger partial charge in [0.05, 0.1) is 0 Å². The monoisotopic (exact) mass is 206 g/mol. The summed E-state index contributed by atoms with van der Waals surface area (Å²) >= 11 is 3.23. The summed E-state index contributed by atoms with van der Waals surface area (Å²) in [7, 11) is 0. The summed E-state index contributed by atoms with van der Waals surface area (Å²) in [6.07, 6.45) is 0. The predicted molar refractivity (Wildman–Crippen MR) is 46.2 cm³/mol. The Morgan fingerprint density at radius 3 is 1.89 bits per heavy atom. The first-order valence-electron chi connectivity index (χ1n) is 2.23. The van der Waals surface area contributed by atoms with Crippen LogP contribution < -0.4 is 0 Å². The Bertz CT molecular complexity index is 152. The molecule has 50 valence electrons. The minimum absolute atomic E-state index is 0. The fraction of sp³-hybridized carbons (Fsp3) is 0. The van der Waals surface area contributed by atoms with E-state index < -0.39 is 0 Å². The summed E-state index contributed by atoms with van der Waals surface area (Å²) in [5.74, 6) is 0.299. The molecule has 3 heteroatoms. The van der Waals surface area contributed by atoms with Crippen LogP contribution in [0.1, 0.15) is 0 Å². The fourth-order valence-electron chi connectivity index (χ4n) is 0.441. The molecule has 0 aliphatic heterocycles. The lowest BCUT2D eigenvalue weighted by atomic mass is 10.3. The summed E-state index contributed by atoms with van der Waals surface area (Å²) in [4.78, 5) is 0. The van der Waals surface area contributed by atoms with E-state index in [1.807, 2.05) is 0 Å². The second kappa shape index (κ2) is 3.80. The first-order chi connectivity index (χ1) is 3.79. The third-order valence-electron chi connectivity index (χ3n) is 0.827. The minimum atomic E-state index is 0. The highest BCUT2D eigenvalue weighted by Gasteiger charge is 1.83. The van der Waals surface area contributed by atoms with E-state index in [2.05, 4.69) is 15.9 Å². The number of hydrogen-bond donors (Lipinski definition) is 1. The average Bonchev–Trinajstić information content (AvgIpc) is 1.77. The molecule has 0 unspecified atom stereocenters. The third kappa shape index (κ3) is 2.77. The van der Waals surface area contributed by atoms with Crippen LogP contribution in [0.3, 0.4) is 0 Å². The molecule has 0 atom stereocenters. The first kappa shape index (κ1) is 8.85. The van der Waals surface area contributed by atoms with Gasteiger partial charge in [0.25, 0.3) is 0 Å². The number of aromatic hydroxyl groups is 1. The normalized spacial score (nSPS) is 8.11. The van der Waals surface area contributed by atoms with Gasteiger partial charge in [0.1, 0.15) is 5.75 Å². The summed E-state index contributed by atoms with van der Waals surface area (Å²) in [6, 6.07) is 6.83. The van der Waals surface area contributed by atoms with Crippen LogP contribution in [0.25, 0.3) is 0 Å². The van der Waals surface area contributed by atoms with Crippen LogP contribution in [0.15, 0.2) is 28.7 Å². The van der Waals surface area contributed by atoms with E-state index in [1.165, 1.54) is 0 Å². The molecule has 0 aromatic heterocycles. The van der Waals surface area contributed by atoms with Crippen LogP contribution in [-0.4, -0.2) is 5.11 Å². The zero-order valence-corrected chi connectivity index (χ0v) is 7.22. The van der Waals surface area contributed by atoms with E-state index in [4.69, 9.17) is 5.11 Å². The third-order valence-corrected chi connectivity index (χ3v) is 1.36. The minimum Gasteiger partial charge on any atom is -0.508 e. The molecule has 1 N–H and O–H groups in total. The van der Waals surface area contributed by atoms with Crippen LogP contribution in [-0.2, 0) is 0 Å². The molecule has 0 fully saturated rings. The highest BCUT2D eigenvalue weighted by atomic mass is 79.9. The second-order valence-electron chi connectivity index (χ2n) is 1.48. The van der Waals surface area contributed by atoms with Gasteiger partial charge < -0.3 is 5.11 Å². The first-order valence-corrected chi connectivity index (χ1v) is 3.03. The van der Waals surface area contributed by atoms with Crippen molar-refractivity contribution in [3.8, 4) is 5.75 Å². The Morgan fingerprint density at radius 1 is 1.11 bits per heavy atom. The molecule has 9 heavy (non-hydrogen) atoms. The highest BCUT2D eigenvalue weighted by Crippen LogP contribution is 2.13. The van der Waals surface area contributed by atoms with Crippen molar-refractivity contribution in [3.05, 3.63) is 28.7 Å². The Morgan fingerprint density at radius 2 is 1.56 bits per heavy atom. The van der Waals surface area contributed by atoms with Crippen molar-refractivity contribution in [1.29, 1.82) is 0 Å². The lowest BCUT2D eigenvalue weighted by Gasteiger charge is -1.87. The zero-order chi connectivity index (χ0) is 5.98. The maximum Gasteiger partial charge on any atom is 0.115 e. The molecule has 0 saturated heterocycles. The number of halogens is 1. The van der Waals surface area contributed by atoms with Crippen molar-refractivity contribution in [2.75, 3.05) is 0 Å². The summed E-state index contributed by atoms with van der Waals surface area (Å²) < 4.78 is 0.982. The van der Waals surface area contributed by atoms with Crippen molar-refractivity contribution >= 4 is 29.4 Å². The van der Waals surface area contributed by atoms with Gasteiger partial charge in [0, 0.05) is 4.47 Å². The van der Waals surface area contributed by atoms with Gasteiger partial charge in [-0.1, -0.05) is 15.9 Å². The molecule has 0 saturated carbocycles. The lowest BCUT2D eigenvalue weighted by Crippen LogP contribution is -1.61. The number of phenolic OH excluding ortho intramolecular Hbond substituents is 1. The van der Waals surface area contributed by atoms with Crippen molar-refractivity contribution in [3.63, 3.8) is 0 Å². The van der Waals surface area contributed by atoms with Gasteiger partial charge in [0.2, 0.25) is 0 Å². The Balaban J connectivity index is 0.000000640. The molecule has 0 aliphatic rings. The predicted octanol–water partition coefficient (Wildman–Crippen LogP) is 2.27. The van der Waals surface area contributed by atoms with Gasteiger partial charge in [-0.2, -0.15) is 13.5 Å². The summed E-state index contributed by atoms with van der Waals surface area (Å²) in [6.45, 7) is 0. The van der Waals surface area contributed by atoms with E-state index in [1.54, 1.807) is 24.3 Å². The smallest absolute Gasteiger partial charge is 0.115 e. The number of phenols is 1. The van der Waals surface area contributed by atoms with Gasteiger partial charge in [-0.3, -0.25) is 0 Å². The summed E-state index contributed by atoms with van der Waals surface area (Å²) in [5.41, 5.74) is 0. The molecule has 1 aromatic carbocycles. The Kier molecular flexibility index (Phi) is 3.73. The number of hydrogen-bond acceptors (Lipinski definition) is 1. The van der Waals surface area contributed by atoms with Crippen molar-refractivity contribution in [2.24, 2.45) is 0 Å². The van der Waals surface area contributed by atoms with Gasteiger partial charge in [-0.15, -0.1) is 0 Å². The topological polar surface area (TPSA) is 20.2 Å². The molecule has 0 heterocycles. The molecular weight excluding hydrogens is 200 g/mol. The molecule has 0 bridgehead atoms. The Labute approximate surface area is 69.3 Å². The van der Waals surface area contributed by atoms with Gasteiger partial charge >= 0.3 is 0 Å². The molecule has 0 spiro atoms. The highest BCUT2D eigenvalue weighted by molar-refractivity contribution is 9.10. The van der Waals surface area contributed by atoms with E-state index in [0.717, 1.165) is 4.47 Å². The van der Waals surface area contributed by atoms with Crippen molar-refractivity contribution in [1.82, 2.24) is 0 Å². The largest absolute Gasteiger partial charge is 0.508 e. The summed E-state index contributed by atoms with van der Waals surface area (Å²) in [5, 5.41) is 8.74. The van der Waals surface area contributed by atoms with Gasteiger partial charge in [-0.25, -0.2) is 0 Å². The molecule has 1 aromatic rings. The standard InChI is InChI=1S/C6H5BrO.H2S/c7-5-1-3-6(8)4-2-5;/h1-4,8H;1H2. The fourth-order valence-corrected chi connectivity index (χ4v) is 0.705. The van der Waals surface area contributed by atoms with Gasteiger partial charge in [0.15, 0.2) is 0 Å². The maximum absolute atomic E-state index is 8.74. The van der Waals surface area contributed by atoms with Crippen LogP contribution in [0.2, 0.25) is 0 Å². The zero-order valence-electron chi connectivity index (χ0n) is 4.63. The van der Waals surface area contributed by atoms with E-state index >= 15 is 0 Å². The SMILES string of the molecule is Oc1ccc(Br)cc1.S. The van der Waals surface area contributed by atoms with Crippen LogP contribution in [0.5, 0.6) is 5.75 Å². The van der Waals surface area contributed by atoms with Gasteiger partial charge in [-0.05, 0) is 24.3 Å². The molecular formula is C6H7BrOS. The van der Waals surface area contributed by atoms with E-state index in [-0.39, 0.29) is 13.5 Å². The van der Waals surface area contributed by atoms with Crippen molar-refractivity contribution in [2.45, 2.75) is 0 Å². The average molecular weight is 207 g/mol. The molecule has 1 nitrogen and oxygen atoms in total. The van der Waals surface area contributed by atoms with Crippen LogP contribution in [0.4, 0.5) is 0 Å². The second-order valence-corrected chi connectivity index (χ2v) is 2.39. The van der Waals surface area contributed by atoms with E-state index in [0.29, 0.717) is 5.75 Å². The van der Waals surface area contributed by atoms with Crippen LogP contribution in [0, 0.1) is 0 Å². The lowest BCUT2D eigenvalue weighted by molar-refractivity contribution is 0.475. The quantitative estimate of drug-likeness (QED) is 0.691. The molecule has 0 radical (unpaired) electrons. The van der Waals surface area contributed by atoms with E-state index in [9.17, 15) is 0 Å². The number of rotatable bonds is 0. The maximum atomic E-state index is 8.74. The molecule has 0 amide bonds. The molecule has 0 aliphatic carbocycles.